The van der Waals surface area contributed by atoms with E-state index >= 15 is 0 Å². The third-order valence-corrected chi connectivity index (χ3v) is 2.58. The van der Waals surface area contributed by atoms with Crippen molar-refractivity contribution >= 4 is 11.4 Å². The molecule has 0 aliphatic heterocycles. The lowest BCUT2D eigenvalue weighted by Crippen LogP contribution is -2.32. The average molecular weight is 193 g/mol. The SMILES string of the molecule is CCOCCC[S+]([O-])NC(C)C. The molecule has 0 aliphatic rings. The van der Waals surface area contributed by atoms with E-state index in [0.29, 0.717) is 12.4 Å². The molecule has 0 amide bonds. The summed E-state index contributed by atoms with van der Waals surface area (Å²) >= 11 is -0.884. The zero-order valence-electron chi connectivity index (χ0n) is 8.13. The van der Waals surface area contributed by atoms with E-state index in [1.54, 1.807) is 0 Å². The molecule has 0 heterocycles. The van der Waals surface area contributed by atoms with E-state index in [2.05, 4.69) is 4.72 Å². The Bertz CT molecular complexity index is 101. The van der Waals surface area contributed by atoms with E-state index in [1.807, 2.05) is 20.8 Å². The second-order valence-corrected chi connectivity index (χ2v) is 4.21. The molecule has 0 aromatic rings. The van der Waals surface area contributed by atoms with E-state index in [0.717, 1.165) is 13.0 Å². The van der Waals surface area contributed by atoms with Gasteiger partial charge in [0.15, 0.2) is 0 Å². The van der Waals surface area contributed by atoms with Gasteiger partial charge in [0.2, 0.25) is 0 Å². The van der Waals surface area contributed by atoms with Crippen molar-refractivity contribution < 1.29 is 9.29 Å². The summed E-state index contributed by atoms with van der Waals surface area (Å²) in [5, 5.41) is 0. The summed E-state index contributed by atoms with van der Waals surface area (Å²) in [5.41, 5.74) is 0. The van der Waals surface area contributed by atoms with Crippen molar-refractivity contribution in [2.45, 2.75) is 33.2 Å². The van der Waals surface area contributed by atoms with E-state index in [9.17, 15) is 4.55 Å². The molecule has 0 fully saturated rings. The van der Waals surface area contributed by atoms with Gasteiger partial charge in [-0.15, -0.1) is 4.72 Å². The van der Waals surface area contributed by atoms with Crippen molar-refractivity contribution in [3.8, 4) is 0 Å². The van der Waals surface area contributed by atoms with Crippen LogP contribution in [-0.4, -0.2) is 29.6 Å². The van der Waals surface area contributed by atoms with Crippen molar-refractivity contribution in [3.63, 3.8) is 0 Å². The first kappa shape index (κ1) is 12.2. The lowest BCUT2D eigenvalue weighted by molar-refractivity contribution is 0.148. The third kappa shape index (κ3) is 8.33. The Hall–Kier alpha value is 0.230. The zero-order valence-corrected chi connectivity index (χ0v) is 8.95. The minimum atomic E-state index is -0.884. The van der Waals surface area contributed by atoms with Gasteiger partial charge in [-0.3, -0.25) is 0 Å². The molecule has 0 radical (unpaired) electrons. The van der Waals surface area contributed by atoms with Crippen LogP contribution in [0.4, 0.5) is 0 Å². The molecule has 0 aliphatic carbocycles. The summed E-state index contributed by atoms with van der Waals surface area (Å²) in [5.74, 6) is 0.679. The number of rotatable bonds is 7. The number of hydrogen-bond acceptors (Lipinski definition) is 3. The molecule has 0 aromatic heterocycles. The molecule has 3 nitrogen and oxygen atoms in total. The largest absolute Gasteiger partial charge is 0.598 e. The molecule has 0 saturated carbocycles. The van der Waals surface area contributed by atoms with Gasteiger partial charge in [0.1, 0.15) is 5.75 Å². The van der Waals surface area contributed by atoms with Gasteiger partial charge >= 0.3 is 0 Å². The van der Waals surface area contributed by atoms with Gasteiger partial charge in [-0.25, -0.2) is 0 Å². The molecule has 12 heavy (non-hydrogen) atoms. The van der Waals surface area contributed by atoms with Gasteiger partial charge in [0, 0.05) is 30.4 Å². The van der Waals surface area contributed by atoms with Crippen LogP contribution >= 0.6 is 0 Å². The zero-order chi connectivity index (χ0) is 9.40. The standard InChI is InChI=1S/C8H19NO2S/c1-4-11-6-5-7-12(10)9-8(2)3/h8-9H,4-7H2,1-3H3. The van der Waals surface area contributed by atoms with Crippen molar-refractivity contribution in [1.82, 2.24) is 4.72 Å². The van der Waals surface area contributed by atoms with Crippen molar-refractivity contribution in [2.75, 3.05) is 19.0 Å². The second-order valence-electron chi connectivity index (χ2n) is 2.87. The first-order valence-electron chi connectivity index (χ1n) is 4.39. The second kappa shape index (κ2) is 7.86. The molecule has 0 saturated heterocycles. The van der Waals surface area contributed by atoms with Gasteiger partial charge in [-0.05, 0) is 20.8 Å². The first-order valence-corrected chi connectivity index (χ1v) is 5.71. The van der Waals surface area contributed by atoms with Crippen molar-refractivity contribution in [1.29, 1.82) is 0 Å². The Morgan fingerprint density at radius 1 is 1.50 bits per heavy atom. The van der Waals surface area contributed by atoms with Crippen LogP contribution in [0.1, 0.15) is 27.2 Å². The summed E-state index contributed by atoms with van der Waals surface area (Å²) in [4.78, 5) is 0. The summed E-state index contributed by atoms with van der Waals surface area (Å²) in [6.45, 7) is 7.39. The summed E-state index contributed by atoms with van der Waals surface area (Å²) in [6, 6.07) is 0.290. The van der Waals surface area contributed by atoms with Crippen LogP contribution in [0, 0.1) is 0 Å². The van der Waals surface area contributed by atoms with Crippen LogP contribution in [0.2, 0.25) is 0 Å². The van der Waals surface area contributed by atoms with Gasteiger partial charge in [-0.1, -0.05) is 0 Å². The minimum absolute atomic E-state index is 0.290. The van der Waals surface area contributed by atoms with Crippen LogP contribution < -0.4 is 4.72 Å². The summed E-state index contributed by atoms with van der Waals surface area (Å²) in [7, 11) is 0. The lowest BCUT2D eigenvalue weighted by Gasteiger charge is -2.13. The highest BCUT2D eigenvalue weighted by Crippen LogP contribution is 1.92. The quantitative estimate of drug-likeness (QED) is 0.486. The molecular formula is C8H19NO2S. The Labute approximate surface area is 78.2 Å². The fourth-order valence-electron chi connectivity index (χ4n) is 0.758. The Kier molecular flexibility index (Phi) is 8.01. The maximum absolute atomic E-state index is 11.2. The van der Waals surface area contributed by atoms with E-state index in [-0.39, 0.29) is 6.04 Å². The average Bonchev–Trinajstić information content (AvgIpc) is 1.97. The smallest absolute Gasteiger partial charge is 0.127 e. The maximum atomic E-state index is 11.2. The summed E-state index contributed by atoms with van der Waals surface area (Å²) in [6.07, 6.45) is 0.861. The molecule has 0 rings (SSSR count). The van der Waals surface area contributed by atoms with E-state index < -0.39 is 11.4 Å². The summed E-state index contributed by atoms with van der Waals surface area (Å²) < 4.78 is 19.2. The van der Waals surface area contributed by atoms with Crippen LogP contribution in [0.25, 0.3) is 0 Å². The molecule has 1 unspecified atom stereocenters. The van der Waals surface area contributed by atoms with Gasteiger partial charge < -0.3 is 9.29 Å². The minimum Gasteiger partial charge on any atom is -0.598 e. The first-order chi connectivity index (χ1) is 5.66. The third-order valence-electron chi connectivity index (χ3n) is 1.19. The highest BCUT2D eigenvalue weighted by molar-refractivity contribution is 7.89. The molecule has 4 heteroatoms. The molecular weight excluding hydrogens is 174 g/mol. The Morgan fingerprint density at radius 3 is 2.67 bits per heavy atom. The lowest BCUT2D eigenvalue weighted by atomic mass is 10.4. The van der Waals surface area contributed by atoms with Crippen molar-refractivity contribution in [2.24, 2.45) is 0 Å². The number of ether oxygens (including phenoxy) is 1. The predicted molar refractivity (Wildman–Crippen MR) is 52.4 cm³/mol. The van der Waals surface area contributed by atoms with Gasteiger partial charge in [0.05, 0.1) is 6.61 Å². The molecule has 1 N–H and O–H groups in total. The van der Waals surface area contributed by atoms with Crippen LogP contribution in [-0.2, 0) is 16.1 Å². The fourth-order valence-corrected chi connectivity index (χ4v) is 1.78. The van der Waals surface area contributed by atoms with Crippen LogP contribution in [0.15, 0.2) is 0 Å². The molecule has 0 spiro atoms. The molecule has 1 atom stereocenters. The number of nitrogens with one attached hydrogen (secondary N) is 1. The predicted octanol–water partition coefficient (Wildman–Crippen LogP) is 1.07. The topological polar surface area (TPSA) is 44.3 Å². The van der Waals surface area contributed by atoms with Gasteiger partial charge in [0.25, 0.3) is 0 Å². The molecule has 0 aromatic carbocycles. The van der Waals surface area contributed by atoms with Crippen LogP contribution in [0.3, 0.4) is 0 Å². The van der Waals surface area contributed by atoms with E-state index in [1.165, 1.54) is 0 Å². The Morgan fingerprint density at radius 2 is 2.17 bits per heavy atom. The fraction of sp³-hybridized carbons (Fsp3) is 1.00. The monoisotopic (exact) mass is 193 g/mol. The Balaban J connectivity index is 3.14. The molecule has 74 valence electrons. The van der Waals surface area contributed by atoms with Gasteiger partial charge in [-0.2, -0.15) is 0 Å². The molecule has 0 bridgehead atoms. The normalized spacial score (nSPS) is 13.8. The highest BCUT2D eigenvalue weighted by Gasteiger charge is 2.06. The highest BCUT2D eigenvalue weighted by atomic mass is 32.2. The maximum Gasteiger partial charge on any atom is 0.127 e. The van der Waals surface area contributed by atoms with Crippen LogP contribution in [0.5, 0.6) is 0 Å². The number of hydrogen-bond donors (Lipinski definition) is 1. The van der Waals surface area contributed by atoms with E-state index in [4.69, 9.17) is 4.74 Å². The van der Waals surface area contributed by atoms with Crippen molar-refractivity contribution in [3.05, 3.63) is 0 Å².